The zero-order chi connectivity index (χ0) is 20.9. The van der Waals surface area contributed by atoms with E-state index in [4.69, 9.17) is 0 Å². The van der Waals surface area contributed by atoms with Crippen LogP contribution in [0.5, 0.6) is 0 Å². The van der Waals surface area contributed by atoms with Crippen LogP contribution in [0, 0.1) is 0 Å². The van der Waals surface area contributed by atoms with Crippen molar-refractivity contribution in [3.8, 4) is 11.3 Å². The Labute approximate surface area is 177 Å². The number of likely N-dealkylation sites (N-methyl/N-ethyl adjacent to an activating group) is 1. The van der Waals surface area contributed by atoms with E-state index in [9.17, 15) is 9.59 Å². The fraction of sp³-hybridized carbons (Fsp3) is 0.545. The lowest BCUT2D eigenvalue weighted by Crippen LogP contribution is -2.55. The van der Waals surface area contributed by atoms with Gasteiger partial charge in [0.05, 0.1) is 18.3 Å². The quantitative estimate of drug-likeness (QED) is 0.730. The maximum Gasteiger partial charge on any atom is 0.266 e. The first-order chi connectivity index (χ1) is 14.6. The third kappa shape index (κ3) is 4.76. The Kier molecular flexibility index (Phi) is 6.54. The number of likely N-dealkylation sites (tertiary alicyclic amines) is 1. The van der Waals surface area contributed by atoms with Crippen molar-refractivity contribution in [1.82, 2.24) is 29.5 Å². The Morgan fingerprint density at radius 1 is 1.00 bits per heavy atom. The first kappa shape index (κ1) is 20.7. The number of hydrogen-bond donors (Lipinski definition) is 0. The van der Waals surface area contributed by atoms with E-state index >= 15 is 0 Å². The molecule has 0 aliphatic carbocycles. The second kappa shape index (κ2) is 9.49. The normalized spacial score (nSPS) is 21.6. The van der Waals surface area contributed by atoms with Crippen molar-refractivity contribution in [3.05, 3.63) is 47.0 Å². The van der Waals surface area contributed by atoms with Gasteiger partial charge in [0, 0.05) is 70.3 Å². The number of carbonyl (C=O) groups excluding carboxylic acids is 1. The predicted octanol–water partition coefficient (Wildman–Crippen LogP) is 0.934. The summed E-state index contributed by atoms with van der Waals surface area (Å²) < 4.78 is 1.54. The summed E-state index contributed by atoms with van der Waals surface area (Å²) in [5, 5.41) is 4.52. The topological polar surface area (TPSA) is 74.6 Å². The molecule has 2 saturated heterocycles. The molecule has 1 unspecified atom stereocenters. The van der Waals surface area contributed by atoms with Gasteiger partial charge in [-0.2, -0.15) is 5.10 Å². The van der Waals surface area contributed by atoms with Crippen LogP contribution in [-0.4, -0.2) is 87.7 Å². The summed E-state index contributed by atoms with van der Waals surface area (Å²) in [5.74, 6) is 0.268. The van der Waals surface area contributed by atoms with Gasteiger partial charge in [-0.15, -0.1) is 0 Å². The minimum absolute atomic E-state index is 0.0279. The molecule has 0 saturated carbocycles. The highest BCUT2D eigenvalue weighted by molar-refractivity contribution is 5.81. The van der Waals surface area contributed by atoms with E-state index in [0.717, 1.165) is 69.8 Å². The maximum atomic E-state index is 12.6. The van der Waals surface area contributed by atoms with E-state index in [0.29, 0.717) is 6.54 Å². The number of rotatable bonds is 5. The molecule has 0 bridgehead atoms. The Bertz CT molecular complexity index is 907. The fourth-order valence-electron chi connectivity index (χ4n) is 4.33. The molecule has 4 heterocycles. The zero-order valence-corrected chi connectivity index (χ0v) is 17.6. The molecule has 2 aromatic heterocycles. The molecule has 30 heavy (non-hydrogen) atoms. The minimum atomic E-state index is -0.0895. The van der Waals surface area contributed by atoms with Gasteiger partial charge >= 0.3 is 0 Å². The van der Waals surface area contributed by atoms with Crippen LogP contribution in [0.1, 0.15) is 19.3 Å². The molecular formula is C22H30N6O2. The van der Waals surface area contributed by atoms with Crippen LogP contribution in [0.25, 0.3) is 11.3 Å². The highest BCUT2D eigenvalue weighted by atomic mass is 16.2. The number of carbonyl (C=O) groups is 1. The van der Waals surface area contributed by atoms with Crippen LogP contribution < -0.4 is 5.56 Å². The molecule has 2 aliphatic rings. The second-order valence-electron chi connectivity index (χ2n) is 8.17. The van der Waals surface area contributed by atoms with Crippen molar-refractivity contribution in [2.24, 2.45) is 0 Å². The first-order valence-corrected chi connectivity index (χ1v) is 10.8. The number of piperazine rings is 1. The molecule has 160 valence electrons. The molecular weight excluding hydrogens is 380 g/mol. The second-order valence-corrected chi connectivity index (χ2v) is 8.17. The summed E-state index contributed by atoms with van der Waals surface area (Å²) in [7, 11) is 1.92. The first-order valence-electron chi connectivity index (χ1n) is 10.8. The van der Waals surface area contributed by atoms with Crippen molar-refractivity contribution in [3.63, 3.8) is 0 Å². The zero-order valence-electron chi connectivity index (χ0n) is 17.6. The molecule has 0 aromatic carbocycles. The van der Waals surface area contributed by atoms with Gasteiger partial charge < -0.3 is 4.90 Å². The van der Waals surface area contributed by atoms with E-state index in [1.54, 1.807) is 29.2 Å². The molecule has 8 nitrogen and oxygen atoms in total. The number of pyridine rings is 1. The van der Waals surface area contributed by atoms with Crippen molar-refractivity contribution in [1.29, 1.82) is 0 Å². The van der Waals surface area contributed by atoms with Gasteiger partial charge in [0.25, 0.3) is 5.56 Å². The highest BCUT2D eigenvalue weighted by Crippen LogP contribution is 2.18. The molecule has 2 fully saturated rings. The Morgan fingerprint density at radius 3 is 2.60 bits per heavy atom. The van der Waals surface area contributed by atoms with Crippen molar-refractivity contribution >= 4 is 5.91 Å². The van der Waals surface area contributed by atoms with E-state index < -0.39 is 0 Å². The van der Waals surface area contributed by atoms with Gasteiger partial charge in [-0.1, -0.05) is 0 Å². The van der Waals surface area contributed by atoms with Gasteiger partial charge in [-0.05, 0) is 37.5 Å². The predicted molar refractivity (Wildman–Crippen MR) is 115 cm³/mol. The summed E-state index contributed by atoms with van der Waals surface area (Å²) in [6.07, 6.45) is 6.65. The van der Waals surface area contributed by atoms with Gasteiger partial charge in [0.2, 0.25) is 5.91 Å². The fourth-order valence-corrected chi connectivity index (χ4v) is 4.33. The standard InChI is InChI=1S/C22H30N6O2/c1-25-10-3-2-6-20(22(25)30)27-14-11-26(12-15-27)13-16-28-21(29)8-7-19(24-28)18-5-4-9-23-17-18/h4-5,7-9,17,20H,2-3,6,10-16H2,1H3. The summed E-state index contributed by atoms with van der Waals surface area (Å²) in [6.45, 7) is 5.79. The molecule has 1 amide bonds. The van der Waals surface area contributed by atoms with Crippen LogP contribution in [0.2, 0.25) is 0 Å². The number of nitrogens with zero attached hydrogens (tertiary/aromatic N) is 6. The number of hydrogen-bond acceptors (Lipinski definition) is 6. The lowest BCUT2D eigenvalue weighted by atomic mass is 10.1. The smallest absolute Gasteiger partial charge is 0.266 e. The summed E-state index contributed by atoms with van der Waals surface area (Å²) in [6, 6.07) is 7.15. The van der Waals surface area contributed by atoms with Crippen LogP contribution in [-0.2, 0) is 11.3 Å². The third-order valence-corrected chi connectivity index (χ3v) is 6.18. The van der Waals surface area contributed by atoms with Crippen LogP contribution in [0.4, 0.5) is 0 Å². The Balaban J connectivity index is 1.33. The molecule has 4 rings (SSSR count). The van der Waals surface area contributed by atoms with Gasteiger partial charge in [-0.3, -0.25) is 24.4 Å². The highest BCUT2D eigenvalue weighted by Gasteiger charge is 2.31. The summed E-state index contributed by atoms with van der Waals surface area (Å²) >= 11 is 0. The largest absolute Gasteiger partial charge is 0.344 e. The maximum absolute atomic E-state index is 12.6. The van der Waals surface area contributed by atoms with Crippen LogP contribution >= 0.6 is 0 Å². The molecule has 2 aliphatic heterocycles. The molecule has 0 N–H and O–H groups in total. The minimum Gasteiger partial charge on any atom is -0.344 e. The summed E-state index contributed by atoms with van der Waals surface area (Å²) in [4.78, 5) is 35.6. The molecule has 1 atom stereocenters. The molecule has 0 radical (unpaired) electrons. The Morgan fingerprint density at radius 2 is 1.83 bits per heavy atom. The molecule has 0 spiro atoms. The van der Waals surface area contributed by atoms with Crippen molar-refractivity contribution in [2.45, 2.75) is 31.8 Å². The lowest BCUT2D eigenvalue weighted by molar-refractivity contribution is -0.135. The van der Waals surface area contributed by atoms with E-state index in [1.807, 2.05) is 24.1 Å². The average Bonchev–Trinajstić information content (AvgIpc) is 2.95. The summed E-state index contributed by atoms with van der Waals surface area (Å²) in [5.41, 5.74) is 1.56. The SMILES string of the molecule is CN1CCCCC(N2CCN(CCn3nc(-c4cccnc4)ccc3=O)CC2)C1=O. The van der Waals surface area contributed by atoms with Crippen LogP contribution in [0.15, 0.2) is 41.5 Å². The number of aromatic nitrogens is 3. The monoisotopic (exact) mass is 410 g/mol. The average molecular weight is 411 g/mol. The van der Waals surface area contributed by atoms with Gasteiger partial charge in [0.15, 0.2) is 0 Å². The molecule has 8 heteroatoms. The third-order valence-electron chi connectivity index (χ3n) is 6.18. The van der Waals surface area contributed by atoms with Crippen molar-refractivity contribution < 1.29 is 4.79 Å². The van der Waals surface area contributed by atoms with E-state index in [-0.39, 0.29) is 17.5 Å². The molecule has 2 aromatic rings. The van der Waals surface area contributed by atoms with E-state index in [1.165, 1.54) is 0 Å². The van der Waals surface area contributed by atoms with Crippen molar-refractivity contribution in [2.75, 3.05) is 46.3 Å². The van der Waals surface area contributed by atoms with Gasteiger partial charge in [-0.25, -0.2) is 4.68 Å². The van der Waals surface area contributed by atoms with E-state index in [2.05, 4.69) is 19.9 Å². The Hall–Kier alpha value is -2.58. The lowest BCUT2D eigenvalue weighted by Gasteiger charge is -2.39. The van der Waals surface area contributed by atoms with Crippen LogP contribution in [0.3, 0.4) is 0 Å². The number of amides is 1. The van der Waals surface area contributed by atoms with Gasteiger partial charge in [0.1, 0.15) is 0 Å².